The SMILES string of the molecule is COC(=O)Cn1ncc2cc(Nc3nc(Nc4ccc5c(c4)OCCO5)ncc3F)ccc21. The van der Waals surface area contributed by atoms with Crippen LogP contribution in [-0.4, -0.2) is 46.0 Å². The molecule has 0 amide bonds. The first-order chi connectivity index (χ1) is 16.1. The fourth-order valence-electron chi connectivity index (χ4n) is 3.38. The van der Waals surface area contributed by atoms with Crippen LogP contribution in [0.4, 0.5) is 27.5 Å². The van der Waals surface area contributed by atoms with Gasteiger partial charge in [-0.3, -0.25) is 9.48 Å². The molecule has 0 radical (unpaired) electrons. The van der Waals surface area contributed by atoms with Gasteiger partial charge in [-0.1, -0.05) is 0 Å². The van der Waals surface area contributed by atoms with Crippen LogP contribution < -0.4 is 20.1 Å². The van der Waals surface area contributed by atoms with Gasteiger partial charge in [-0.15, -0.1) is 0 Å². The number of anilines is 4. The summed E-state index contributed by atoms with van der Waals surface area (Å²) in [6, 6.07) is 10.7. The van der Waals surface area contributed by atoms with Crippen molar-refractivity contribution >= 4 is 40.0 Å². The molecule has 3 heterocycles. The minimum atomic E-state index is -0.607. The number of benzene rings is 2. The van der Waals surface area contributed by atoms with Gasteiger partial charge in [-0.2, -0.15) is 10.1 Å². The molecule has 2 aromatic heterocycles. The van der Waals surface area contributed by atoms with Crippen LogP contribution in [0.3, 0.4) is 0 Å². The first kappa shape index (κ1) is 20.5. The number of nitrogens with zero attached hydrogens (tertiary/aromatic N) is 4. The van der Waals surface area contributed by atoms with Crippen molar-refractivity contribution in [2.75, 3.05) is 31.0 Å². The summed E-state index contributed by atoms with van der Waals surface area (Å²) < 4.78 is 31.7. The average Bonchev–Trinajstić information content (AvgIpc) is 3.23. The highest BCUT2D eigenvalue weighted by Gasteiger charge is 2.14. The molecule has 0 unspecified atom stereocenters. The highest BCUT2D eigenvalue weighted by Crippen LogP contribution is 2.33. The lowest BCUT2D eigenvalue weighted by molar-refractivity contribution is -0.141. The Morgan fingerprint density at radius 2 is 1.88 bits per heavy atom. The average molecular weight is 450 g/mol. The summed E-state index contributed by atoms with van der Waals surface area (Å²) in [5, 5.41) is 11.0. The highest BCUT2D eigenvalue weighted by molar-refractivity contribution is 5.84. The first-order valence-electron chi connectivity index (χ1n) is 10.1. The number of hydrogen-bond acceptors (Lipinski definition) is 9. The van der Waals surface area contributed by atoms with Crippen molar-refractivity contribution in [3.63, 3.8) is 0 Å². The van der Waals surface area contributed by atoms with E-state index in [2.05, 4.69) is 30.4 Å². The zero-order valence-electron chi connectivity index (χ0n) is 17.5. The fourth-order valence-corrected chi connectivity index (χ4v) is 3.38. The number of carbonyl (C=O) groups is 1. The Bertz CT molecular complexity index is 1340. The maximum atomic E-state index is 14.4. The Morgan fingerprint density at radius 3 is 2.73 bits per heavy atom. The molecule has 11 heteroatoms. The van der Waals surface area contributed by atoms with E-state index in [0.29, 0.717) is 36.1 Å². The zero-order valence-corrected chi connectivity index (χ0v) is 17.5. The number of fused-ring (bicyclic) bond motifs is 2. The van der Waals surface area contributed by atoms with E-state index < -0.39 is 11.8 Å². The van der Waals surface area contributed by atoms with Gasteiger partial charge in [0.2, 0.25) is 5.95 Å². The standard InChI is InChI=1S/C22H19FN6O4/c1-31-20(30)12-29-17-4-2-14(8-13(17)10-25-29)26-21-16(23)11-24-22(28-21)27-15-3-5-18-19(9-15)33-7-6-32-18/h2-5,8-11H,6-7,12H2,1H3,(H2,24,26,27,28). The topological polar surface area (TPSA) is 112 Å². The third-order valence-corrected chi connectivity index (χ3v) is 4.95. The van der Waals surface area contributed by atoms with Crippen molar-refractivity contribution < 1.29 is 23.4 Å². The Kier molecular flexibility index (Phi) is 5.35. The predicted molar refractivity (Wildman–Crippen MR) is 118 cm³/mol. The number of esters is 1. The second-order valence-electron chi connectivity index (χ2n) is 7.15. The normalized spacial score (nSPS) is 12.4. The number of methoxy groups -OCH3 is 1. The van der Waals surface area contributed by atoms with Gasteiger partial charge in [-0.05, 0) is 30.3 Å². The second-order valence-corrected chi connectivity index (χ2v) is 7.15. The number of carbonyl (C=O) groups excluding carboxylic acids is 1. The van der Waals surface area contributed by atoms with E-state index in [9.17, 15) is 9.18 Å². The zero-order chi connectivity index (χ0) is 22.8. The molecule has 5 rings (SSSR count). The van der Waals surface area contributed by atoms with E-state index in [1.807, 2.05) is 0 Å². The van der Waals surface area contributed by atoms with Crippen molar-refractivity contribution in [3.8, 4) is 11.5 Å². The van der Waals surface area contributed by atoms with Crippen LogP contribution in [0.1, 0.15) is 0 Å². The summed E-state index contributed by atoms with van der Waals surface area (Å²) in [5.74, 6) is 0.494. The third-order valence-electron chi connectivity index (χ3n) is 4.95. The lowest BCUT2D eigenvalue weighted by Gasteiger charge is -2.19. The highest BCUT2D eigenvalue weighted by atomic mass is 19.1. The molecular weight excluding hydrogens is 431 g/mol. The Morgan fingerprint density at radius 1 is 1.09 bits per heavy atom. The lowest BCUT2D eigenvalue weighted by Crippen LogP contribution is -2.15. The van der Waals surface area contributed by atoms with E-state index in [4.69, 9.17) is 9.47 Å². The van der Waals surface area contributed by atoms with E-state index in [1.54, 1.807) is 42.6 Å². The van der Waals surface area contributed by atoms with Crippen LogP contribution in [0.25, 0.3) is 10.9 Å². The molecule has 2 aromatic carbocycles. The third kappa shape index (κ3) is 4.33. The summed E-state index contributed by atoms with van der Waals surface area (Å²) in [6.07, 6.45) is 2.71. The molecule has 0 saturated heterocycles. The van der Waals surface area contributed by atoms with Gasteiger partial charge < -0.3 is 24.8 Å². The van der Waals surface area contributed by atoms with Gasteiger partial charge in [-0.25, -0.2) is 9.37 Å². The fraction of sp³-hybridized carbons (Fsp3) is 0.182. The number of aromatic nitrogens is 4. The summed E-state index contributed by atoms with van der Waals surface area (Å²) in [5.41, 5.74) is 2.02. The summed E-state index contributed by atoms with van der Waals surface area (Å²) >= 11 is 0. The van der Waals surface area contributed by atoms with Crippen molar-refractivity contribution in [3.05, 3.63) is 54.6 Å². The number of hydrogen-bond donors (Lipinski definition) is 2. The van der Waals surface area contributed by atoms with Crippen molar-refractivity contribution in [2.45, 2.75) is 6.54 Å². The molecular formula is C22H19FN6O4. The van der Waals surface area contributed by atoms with Gasteiger partial charge in [0.25, 0.3) is 0 Å². The van der Waals surface area contributed by atoms with Gasteiger partial charge in [0.15, 0.2) is 23.1 Å². The first-order valence-corrected chi connectivity index (χ1v) is 10.1. The molecule has 33 heavy (non-hydrogen) atoms. The van der Waals surface area contributed by atoms with Gasteiger partial charge in [0, 0.05) is 22.8 Å². The molecule has 1 aliphatic rings. The number of ether oxygens (including phenoxy) is 3. The predicted octanol–water partition coefficient (Wildman–Crippen LogP) is 3.40. The van der Waals surface area contributed by atoms with E-state index in [1.165, 1.54) is 11.8 Å². The van der Waals surface area contributed by atoms with Gasteiger partial charge >= 0.3 is 5.97 Å². The molecule has 0 aliphatic carbocycles. The minimum Gasteiger partial charge on any atom is -0.486 e. The molecule has 0 bridgehead atoms. The number of rotatable bonds is 6. The molecule has 0 spiro atoms. The summed E-state index contributed by atoms with van der Waals surface area (Å²) in [6.45, 7) is 0.986. The van der Waals surface area contributed by atoms with Gasteiger partial charge in [0.05, 0.1) is 25.0 Å². The number of halogens is 1. The van der Waals surface area contributed by atoms with Crippen molar-refractivity contribution in [1.29, 1.82) is 0 Å². The molecule has 0 fully saturated rings. The minimum absolute atomic E-state index is 0.00218. The van der Waals surface area contributed by atoms with Crippen LogP contribution in [-0.2, 0) is 16.1 Å². The molecule has 4 aromatic rings. The van der Waals surface area contributed by atoms with E-state index in [-0.39, 0.29) is 18.3 Å². The summed E-state index contributed by atoms with van der Waals surface area (Å²) in [7, 11) is 1.32. The van der Waals surface area contributed by atoms with Crippen LogP contribution in [0.2, 0.25) is 0 Å². The van der Waals surface area contributed by atoms with Crippen LogP contribution in [0.5, 0.6) is 11.5 Å². The monoisotopic (exact) mass is 450 g/mol. The smallest absolute Gasteiger partial charge is 0.327 e. The van der Waals surface area contributed by atoms with Crippen molar-refractivity contribution in [2.24, 2.45) is 0 Å². The second kappa shape index (κ2) is 8.61. The van der Waals surface area contributed by atoms with E-state index >= 15 is 0 Å². The van der Waals surface area contributed by atoms with E-state index in [0.717, 1.165) is 17.1 Å². The van der Waals surface area contributed by atoms with Gasteiger partial charge in [0.1, 0.15) is 19.8 Å². The molecule has 1 aliphatic heterocycles. The maximum absolute atomic E-state index is 14.4. The van der Waals surface area contributed by atoms with Crippen LogP contribution in [0.15, 0.2) is 48.8 Å². The van der Waals surface area contributed by atoms with Crippen LogP contribution >= 0.6 is 0 Å². The number of nitrogens with one attached hydrogen (secondary N) is 2. The molecule has 0 saturated carbocycles. The lowest BCUT2D eigenvalue weighted by atomic mass is 10.2. The largest absolute Gasteiger partial charge is 0.486 e. The summed E-state index contributed by atoms with van der Waals surface area (Å²) in [4.78, 5) is 19.8. The molecule has 168 valence electrons. The Labute approximate surface area is 187 Å². The molecule has 2 N–H and O–H groups in total. The molecule has 0 atom stereocenters. The van der Waals surface area contributed by atoms with Crippen LogP contribution in [0, 0.1) is 5.82 Å². The molecule has 10 nitrogen and oxygen atoms in total. The Hall–Kier alpha value is -4.41. The van der Waals surface area contributed by atoms with Crippen molar-refractivity contribution in [1.82, 2.24) is 19.7 Å². The Balaban J connectivity index is 1.35. The maximum Gasteiger partial charge on any atom is 0.327 e. The quantitative estimate of drug-likeness (QED) is 0.427.